The molecule has 0 heterocycles. The average molecular weight is 241 g/mol. The van der Waals surface area contributed by atoms with E-state index < -0.39 is 5.82 Å². The van der Waals surface area contributed by atoms with Crippen LogP contribution in [0.4, 0.5) is 4.39 Å². The maximum absolute atomic E-state index is 14.0. The van der Waals surface area contributed by atoms with Crippen LogP contribution in [0.15, 0.2) is 6.07 Å². The van der Waals surface area contributed by atoms with E-state index in [0.717, 1.165) is 0 Å². The third-order valence-electron chi connectivity index (χ3n) is 2.44. The maximum Gasteiger partial charge on any atom is 0.207 e. The number of methoxy groups -OCH3 is 2. The first-order valence-electron chi connectivity index (χ1n) is 5.21. The Morgan fingerprint density at radius 3 is 2.41 bits per heavy atom. The molecule has 17 heavy (non-hydrogen) atoms. The lowest BCUT2D eigenvalue weighted by Gasteiger charge is -2.13. The van der Waals surface area contributed by atoms with E-state index in [1.54, 1.807) is 13.0 Å². The number of ketones is 1. The molecule has 0 aliphatic heterocycles. The van der Waals surface area contributed by atoms with Gasteiger partial charge in [0.2, 0.25) is 5.82 Å². The van der Waals surface area contributed by atoms with Crippen molar-refractivity contribution < 1.29 is 18.7 Å². The Labute approximate surface area is 99.5 Å². The lowest BCUT2D eigenvalue weighted by molar-refractivity contribution is 0.0981. The Hall–Kier alpha value is -1.62. The summed E-state index contributed by atoms with van der Waals surface area (Å²) in [6, 6.07) is 1.55. The molecule has 4 nitrogen and oxygen atoms in total. The number of hydrogen-bond acceptors (Lipinski definition) is 4. The number of nitrogens with two attached hydrogens (primary N) is 1. The summed E-state index contributed by atoms with van der Waals surface area (Å²) in [7, 11) is 2.68. The molecule has 0 unspecified atom stereocenters. The van der Waals surface area contributed by atoms with E-state index in [1.165, 1.54) is 14.2 Å². The third-order valence-corrected chi connectivity index (χ3v) is 2.44. The Morgan fingerprint density at radius 2 is 1.94 bits per heavy atom. The Balaban J connectivity index is 3.36. The van der Waals surface area contributed by atoms with Gasteiger partial charge in [-0.2, -0.15) is 4.39 Å². The molecular formula is C12H16FNO3. The molecule has 5 heteroatoms. The van der Waals surface area contributed by atoms with Crippen LogP contribution in [0.1, 0.15) is 22.3 Å². The van der Waals surface area contributed by atoms with Crippen molar-refractivity contribution in [2.24, 2.45) is 5.73 Å². The smallest absolute Gasteiger partial charge is 0.207 e. The van der Waals surface area contributed by atoms with Gasteiger partial charge in [-0.15, -0.1) is 0 Å². The molecule has 0 aromatic heterocycles. The second-order valence-corrected chi connectivity index (χ2v) is 3.58. The second kappa shape index (κ2) is 5.63. The number of halogens is 1. The zero-order chi connectivity index (χ0) is 13.0. The minimum atomic E-state index is -0.657. The third kappa shape index (κ3) is 2.55. The fraction of sp³-hybridized carbons (Fsp3) is 0.417. The lowest BCUT2D eigenvalue weighted by Crippen LogP contribution is -2.11. The van der Waals surface area contributed by atoms with Crippen molar-refractivity contribution in [1.82, 2.24) is 0 Å². The van der Waals surface area contributed by atoms with Crippen LogP contribution in [0.2, 0.25) is 0 Å². The van der Waals surface area contributed by atoms with Crippen LogP contribution in [0.25, 0.3) is 0 Å². The van der Waals surface area contributed by atoms with Gasteiger partial charge in [-0.1, -0.05) is 0 Å². The van der Waals surface area contributed by atoms with Gasteiger partial charge < -0.3 is 15.2 Å². The first-order chi connectivity index (χ1) is 8.06. The van der Waals surface area contributed by atoms with E-state index in [2.05, 4.69) is 0 Å². The van der Waals surface area contributed by atoms with Gasteiger partial charge >= 0.3 is 0 Å². The van der Waals surface area contributed by atoms with Crippen molar-refractivity contribution in [2.45, 2.75) is 13.3 Å². The number of rotatable bonds is 5. The maximum atomic E-state index is 14.0. The van der Waals surface area contributed by atoms with Gasteiger partial charge in [0, 0.05) is 6.42 Å². The highest BCUT2D eigenvalue weighted by molar-refractivity contribution is 5.99. The molecule has 1 aromatic rings. The monoisotopic (exact) mass is 241 g/mol. The second-order valence-electron chi connectivity index (χ2n) is 3.58. The first kappa shape index (κ1) is 13.4. The summed E-state index contributed by atoms with van der Waals surface area (Å²) in [6.07, 6.45) is 0.154. The minimum Gasteiger partial charge on any atom is -0.493 e. The molecule has 0 bridgehead atoms. The highest BCUT2D eigenvalue weighted by atomic mass is 19.1. The van der Waals surface area contributed by atoms with Crippen molar-refractivity contribution in [3.8, 4) is 11.5 Å². The van der Waals surface area contributed by atoms with Gasteiger partial charge in [0.05, 0.1) is 19.8 Å². The van der Waals surface area contributed by atoms with Gasteiger partial charge in [0.25, 0.3) is 0 Å². The predicted molar refractivity (Wildman–Crippen MR) is 62.2 cm³/mol. The van der Waals surface area contributed by atoms with Crippen molar-refractivity contribution in [3.05, 3.63) is 23.0 Å². The highest BCUT2D eigenvalue weighted by Gasteiger charge is 2.21. The molecule has 0 amide bonds. The molecular weight excluding hydrogens is 225 g/mol. The molecule has 0 fully saturated rings. The van der Waals surface area contributed by atoms with E-state index in [-0.39, 0.29) is 35.8 Å². The van der Waals surface area contributed by atoms with E-state index in [4.69, 9.17) is 15.2 Å². The number of Topliss-reactive ketones (excluding diaryl/α,β-unsaturated/α-hetero) is 1. The largest absolute Gasteiger partial charge is 0.493 e. The summed E-state index contributed by atoms with van der Waals surface area (Å²) in [4.78, 5) is 11.8. The highest BCUT2D eigenvalue weighted by Crippen LogP contribution is 2.34. The number of hydrogen-bond donors (Lipinski definition) is 1. The standard InChI is InChI=1S/C12H16FNO3/c1-7-6-8(9(15)4-5-14)12(17-3)10(13)11(7)16-2/h6H,4-5,14H2,1-3H3. The molecule has 1 rings (SSSR count). The van der Waals surface area contributed by atoms with Crippen molar-refractivity contribution in [2.75, 3.05) is 20.8 Å². The number of carbonyl (C=O) groups excluding carboxylic acids is 1. The van der Waals surface area contributed by atoms with Crippen LogP contribution in [0, 0.1) is 12.7 Å². The van der Waals surface area contributed by atoms with Crippen molar-refractivity contribution in [1.29, 1.82) is 0 Å². The van der Waals surface area contributed by atoms with Crippen LogP contribution >= 0.6 is 0 Å². The van der Waals surface area contributed by atoms with Gasteiger partial charge in [0.1, 0.15) is 0 Å². The summed E-state index contributed by atoms with van der Waals surface area (Å²) in [5.41, 5.74) is 6.06. The Bertz CT molecular complexity index is 432. The summed E-state index contributed by atoms with van der Waals surface area (Å²) in [5, 5.41) is 0. The summed E-state index contributed by atoms with van der Waals surface area (Å²) in [5.74, 6) is -0.901. The molecule has 94 valence electrons. The minimum absolute atomic E-state index is 0.0890. The first-order valence-corrected chi connectivity index (χ1v) is 5.21. The quantitative estimate of drug-likeness (QED) is 0.797. The molecule has 0 saturated heterocycles. The van der Waals surface area contributed by atoms with Gasteiger partial charge in [0.15, 0.2) is 17.3 Å². The van der Waals surface area contributed by atoms with E-state index >= 15 is 0 Å². The van der Waals surface area contributed by atoms with Crippen LogP contribution in [0.5, 0.6) is 11.5 Å². The normalized spacial score (nSPS) is 10.2. The number of carbonyl (C=O) groups is 1. The molecule has 0 aliphatic carbocycles. The fourth-order valence-corrected chi connectivity index (χ4v) is 1.67. The van der Waals surface area contributed by atoms with E-state index in [1.807, 2.05) is 0 Å². The molecule has 1 aromatic carbocycles. The fourth-order valence-electron chi connectivity index (χ4n) is 1.67. The molecule has 0 atom stereocenters. The average Bonchev–Trinajstić information content (AvgIpc) is 2.29. The topological polar surface area (TPSA) is 61.5 Å². The molecule has 0 aliphatic rings. The van der Waals surface area contributed by atoms with Crippen molar-refractivity contribution >= 4 is 5.78 Å². The molecule has 2 N–H and O–H groups in total. The van der Waals surface area contributed by atoms with E-state index in [0.29, 0.717) is 5.56 Å². The van der Waals surface area contributed by atoms with Gasteiger partial charge in [-0.25, -0.2) is 0 Å². The van der Waals surface area contributed by atoms with Gasteiger partial charge in [-0.05, 0) is 25.1 Å². The van der Waals surface area contributed by atoms with Crippen molar-refractivity contribution in [3.63, 3.8) is 0 Å². The molecule has 0 spiro atoms. The van der Waals surface area contributed by atoms with Crippen LogP contribution in [0.3, 0.4) is 0 Å². The van der Waals surface area contributed by atoms with E-state index in [9.17, 15) is 9.18 Å². The molecule has 0 radical (unpaired) electrons. The number of benzene rings is 1. The summed E-state index contributed by atoms with van der Waals surface area (Å²) < 4.78 is 23.8. The van der Waals surface area contributed by atoms with Gasteiger partial charge in [-0.3, -0.25) is 4.79 Å². The molecule has 0 saturated carbocycles. The summed E-state index contributed by atoms with van der Waals surface area (Å²) in [6.45, 7) is 1.88. The number of aryl methyl sites for hydroxylation is 1. The zero-order valence-electron chi connectivity index (χ0n) is 10.2. The number of ether oxygens (including phenoxy) is 2. The lowest BCUT2D eigenvalue weighted by atomic mass is 10.0. The zero-order valence-corrected chi connectivity index (χ0v) is 10.2. The summed E-state index contributed by atoms with van der Waals surface area (Å²) >= 11 is 0. The van der Waals surface area contributed by atoms with Crippen LogP contribution in [-0.2, 0) is 0 Å². The SMILES string of the molecule is COc1c(C)cc(C(=O)CCN)c(OC)c1F. The van der Waals surface area contributed by atoms with Crippen LogP contribution < -0.4 is 15.2 Å². The Kier molecular flexibility index (Phi) is 4.45. The Morgan fingerprint density at radius 1 is 1.35 bits per heavy atom. The van der Waals surface area contributed by atoms with Crippen LogP contribution in [-0.4, -0.2) is 26.5 Å². The predicted octanol–water partition coefficient (Wildman–Crippen LogP) is 1.68.